The summed E-state index contributed by atoms with van der Waals surface area (Å²) in [6.07, 6.45) is 2.57. The van der Waals surface area contributed by atoms with Crippen LogP contribution in [-0.4, -0.2) is 38.4 Å². The first-order chi connectivity index (χ1) is 9.53. The third kappa shape index (κ3) is 3.45. The van der Waals surface area contributed by atoms with Crippen LogP contribution in [0.25, 0.3) is 0 Å². The highest BCUT2D eigenvalue weighted by Crippen LogP contribution is 2.19. The molecule has 1 atom stereocenters. The third-order valence-electron chi connectivity index (χ3n) is 2.90. The van der Waals surface area contributed by atoms with Crippen LogP contribution in [0.1, 0.15) is 19.8 Å². The number of nitrogens with one attached hydrogen (secondary N) is 3. The maximum Gasteiger partial charge on any atom is 0.244 e. The number of sulfonamides is 1. The molecule has 110 valence electrons. The van der Waals surface area contributed by atoms with Gasteiger partial charge in [0.2, 0.25) is 15.9 Å². The molecule has 2 heterocycles. The van der Waals surface area contributed by atoms with Gasteiger partial charge < -0.3 is 10.6 Å². The Balaban J connectivity index is 2.18. The van der Waals surface area contributed by atoms with E-state index in [9.17, 15) is 13.2 Å². The van der Waals surface area contributed by atoms with Crippen molar-refractivity contribution < 1.29 is 13.2 Å². The Kier molecular flexibility index (Phi) is 4.56. The van der Waals surface area contributed by atoms with Gasteiger partial charge in [-0.05, 0) is 18.6 Å². The Morgan fingerprint density at radius 2 is 2.30 bits per heavy atom. The lowest BCUT2D eigenvalue weighted by Gasteiger charge is -2.14. The van der Waals surface area contributed by atoms with Gasteiger partial charge >= 0.3 is 0 Å². The van der Waals surface area contributed by atoms with Gasteiger partial charge in [-0.2, -0.15) is 0 Å². The Morgan fingerprint density at radius 1 is 1.50 bits per heavy atom. The van der Waals surface area contributed by atoms with Gasteiger partial charge in [0.05, 0.1) is 0 Å². The van der Waals surface area contributed by atoms with Crippen LogP contribution in [0, 0.1) is 0 Å². The van der Waals surface area contributed by atoms with E-state index < -0.39 is 16.1 Å². The second-order valence-corrected chi connectivity index (χ2v) is 6.29. The second-order valence-electron chi connectivity index (χ2n) is 4.60. The Hall–Kier alpha value is -1.67. The van der Waals surface area contributed by atoms with E-state index in [0.717, 1.165) is 6.42 Å². The summed E-state index contributed by atoms with van der Waals surface area (Å²) in [4.78, 5) is 15.3. The molecule has 8 heteroatoms. The van der Waals surface area contributed by atoms with E-state index in [1.54, 1.807) is 6.07 Å². The molecule has 2 rings (SSSR count). The van der Waals surface area contributed by atoms with Gasteiger partial charge in [-0.1, -0.05) is 6.92 Å². The van der Waals surface area contributed by atoms with E-state index in [1.165, 1.54) is 12.3 Å². The normalized spacial score (nSPS) is 18.9. The molecule has 0 spiro atoms. The molecule has 0 bridgehead atoms. The monoisotopic (exact) mass is 298 g/mol. The molecule has 1 aliphatic rings. The van der Waals surface area contributed by atoms with E-state index in [0.29, 0.717) is 18.9 Å². The number of aromatic nitrogens is 1. The standard InChI is InChI=1S/C12H18N4O3S/c1-2-5-13-12-10(4-3-6-14-12)20(18,19)16-9-7-11(17)15-8-9/h3-4,6,9,16H,2,5,7-8H2,1H3,(H,13,14)(H,15,17). The van der Waals surface area contributed by atoms with Crippen molar-refractivity contribution in [3.8, 4) is 0 Å². The average molecular weight is 298 g/mol. The van der Waals surface area contributed by atoms with Crippen molar-refractivity contribution in [2.45, 2.75) is 30.7 Å². The molecule has 1 fully saturated rings. The lowest BCUT2D eigenvalue weighted by molar-refractivity contribution is -0.119. The summed E-state index contributed by atoms with van der Waals surface area (Å²) < 4.78 is 27.2. The highest BCUT2D eigenvalue weighted by Gasteiger charge is 2.28. The Bertz CT molecular complexity index is 588. The van der Waals surface area contributed by atoms with Crippen molar-refractivity contribution in [2.24, 2.45) is 0 Å². The fourth-order valence-corrected chi connectivity index (χ4v) is 3.32. The molecule has 1 aromatic heterocycles. The maximum atomic E-state index is 12.3. The number of hydrogen-bond acceptors (Lipinski definition) is 5. The lowest BCUT2D eigenvalue weighted by atomic mass is 10.3. The maximum absolute atomic E-state index is 12.3. The third-order valence-corrected chi connectivity index (χ3v) is 4.45. The van der Waals surface area contributed by atoms with Crippen LogP contribution in [0.5, 0.6) is 0 Å². The first-order valence-corrected chi connectivity index (χ1v) is 7.99. The molecule has 1 saturated heterocycles. The fraction of sp³-hybridized carbons (Fsp3) is 0.500. The first-order valence-electron chi connectivity index (χ1n) is 6.51. The van der Waals surface area contributed by atoms with Gasteiger partial charge in [0.15, 0.2) is 0 Å². The van der Waals surface area contributed by atoms with E-state index >= 15 is 0 Å². The van der Waals surface area contributed by atoms with Crippen molar-refractivity contribution in [1.29, 1.82) is 0 Å². The first kappa shape index (κ1) is 14.7. The largest absolute Gasteiger partial charge is 0.369 e. The van der Waals surface area contributed by atoms with Gasteiger partial charge in [-0.25, -0.2) is 18.1 Å². The van der Waals surface area contributed by atoms with Gasteiger partial charge in [0, 0.05) is 31.7 Å². The smallest absolute Gasteiger partial charge is 0.244 e. The van der Waals surface area contributed by atoms with Crippen LogP contribution in [-0.2, 0) is 14.8 Å². The van der Waals surface area contributed by atoms with Gasteiger partial charge in [-0.15, -0.1) is 0 Å². The molecule has 20 heavy (non-hydrogen) atoms. The van der Waals surface area contributed by atoms with Gasteiger partial charge in [0.25, 0.3) is 0 Å². The number of carbonyl (C=O) groups excluding carboxylic acids is 1. The molecule has 7 nitrogen and oxygen atoms in total. The predicted molar refractivity (Wildman–Crippen MR) is 74.8 cm³/mol. The van der Waals surface area contributed by atoms with E-state index in [2.05, 4.69) is 20.3 Å². The van der Waals surface area contributed by atoms with Crippen molar-refractivity contribution in [3.63, 3.8) is 0 Å². The summed E-state index contributed by atoms with van der Waals surface area (Å²) >= 11 is 0. The van der Waals surface area contributed by atoms with Crippen LogP contribution in [0.3, 0.4) is 0 Å². The second kappa shape index (κ2) is 6.19. The SMILES string of the molecule is CCCNc1ncccc1S(=O)(=O)NC1CNC(=O)C1. The summed E-state index contributed by atoms with van der Waals surface area (Å²) in [5, 5.41) is 5.59. The summed E-state index contributed by atoms with van der Waals surface area (Å²) in [6.45, 7) is 2.94. The van der Waals surface area contributed by atoms with Crippen molar-refractivity contribution in [2.75, 3.05) is 18.4 Å². The zero-order valence-electron chi connectivity index (χ0n) is 11.2. The quantitative estimate of drug-likeness (QED) is 0.690. The predicted octanol–water partition coefficient (Wildman–Crippen LogP) is 0.0703. The topological polar surface area (TPSA) is 100 Å². The van der Waals surface area contributed by atoms with Crippen LogP contribution >= 0.6 is 0 Å². The van der Waals surface area contributed by atoms with Crippen LogP contribution in [0.15, 0.2) is 23.2 Å². The molecule has 1 aromatic rings. The minimum absolute atomic E-state index is 0.104. The van der Waals surface area contributed by atoms with E-state index in [1.807, 2.05) is 6.92 Å². The number of amides is 1. The number of nitrogens with zero attached hydrogens (tertiary/aromatic N) is 1. The van der Waals surface area contributed by atoms with E-state index in [4.69, 9.17) is 0 Å². The molecular weight excluding hydrogens is 280 g/mol. The Labute approximate surface area is 118 Å². The fourth-order valence-electron chi connectivity index (χ4n) is 1.95. The zero-order valence-corrected chi connectivity index (χ0v) is 12.0. The van der Waals surface area contributed by atoms with Gasteiger partial charge in [0.1, 0.15) is 10.7 Å². The van der Waals surface area contributed by atoms with E-state index in [-0.39, 0.29) is 17.2 Å². The van der Waals surface area contributed by atoms with Gasteiger partial charge in [-0.3, -0.25) is 4.79 Å². The number of hydrogen-bond donors (Lipinski definition) is 3. The van der Waals surface area contributed by atoms with Crippen molar-refractivity contribution in [1.82, 2.24) is 15.0 Å². The number of rotatable bonds is 6. The van der Waals surface area contributed by atoms with Crippen molar-refractivity contribution >= 4 is 21.7 Å². The summed E-state index contributed by atoms with van der Waals surface area (Å²) in [5.74, 6) is 0.187. The average Bonchev–Trinajstić information content (AvgIpc) is 2.81. The minimum atomic E-state index is -3.70. The molecule has 0 aromatic carbocycles. The molecular formula is C12H18N4O3S. The molecule has 0 aliphatic carbocycles. The number of pyridine rings is 1. The Morgan fingerprint density at radius 3 is 2.95 bits per heavy atom. The molecule has 3 N–H and O–H groups in total. The summed E-state index contributed by atoms with van der Waals surface area (Å²) in [7, 11) is -3.70. The summed E-state index contributed by atoms with van der Waals surface area (Å²) in [5.41, 5.74) is 0. The molecule has 1 aliphatic heterocycles. The number of carbonyl (C=O) groups is 1. The highest BCUT2D eigenvalue weighted by molar-refractivity contribution is 7.89. The van der Waals surface area contributed by atoms with Crippen molar-refractivity contribution in [3.05, 3.63) is 18.3 Å². The van der Waals surface area contributed by atoms with Crippen LogP contribution < -0.4 is 15.4 Å². The molecule has 0 saturated carbocycles. The van der Waals surface area contributed by atoms with Crippen LogP contribution in [0.4, 0.5) is 5.82 Å². The minimum Gasteiger partial charge on any atom is -0.369 e. The molecule has 1 amide bonds. The molecule has 0 radical (unpaired) electrons. The number of anilines is 1. The highest BCUT2D eigenvalue weighted by atomic mass is 32.2. The van der Waals surface area contributed by atoms with Crippen LogP contribution in [0.2, 0.25) is 0 Å². The lowest BCUT2D eigenvalue weighted by Crippen LogP contribution is -2.36. The molecule has 1 unspecified atom stereocenters. The summed E-state index contributed by atoms with van der Waals surface area (Å²) in [6, 6.07) is 2.66. The zero-order chi connectivity index (χ0) is 14.6.